The van der Waals surface area contributed by atoms with Crippen LogP contribution >= 0.6 is 15.9 Å². The summed E-state index contributed by atoms with van der Waals surface area (Å²) < 4.78 is 10.9. The number of guanidine groups is 1. The molecule has 27 heavy (non-hydrogen) atoms. The fraction of sp³-hybridized carbons (Fsp3) is 0.625. The van der Waals surface area contributed by atoms with Gasteiger partial charge in [-0.15, -0.1) is 0 Å². The second-order valence-electron chi connectivity index (χ2n) is 5.74. The second kappa shape index (κ2) is 10.9. The zero-order valence-corrected chi connectivity index (χ0v) is 17.5. The topological polar surface area (TPSA) is 104 Å². The summed E-state index contributed by atoms with van der Waals surface area (Å²) in [7, 11) is 4.89. The van der Waals surface area contributed by atoms with Crippen molar-refractivity contribution in [3.8, 4) is 5.88 Å². The molecule has 2 N–H and O–H groups in total. The number of halogens is 1. The molecule has 1 aliphatic heterocycles. The van der Waals surface area contributed by atoms with Crippen molar-refractivity contribution in [1.82, 2.24) is 25.5 Å². The molecule has 0 aliphatic carbocycles. The van der Waals surface area contributed by atoms with Crippen molar-refractivity contribution in [1.29, 1.82) is 0 Å². The van der Waals surface area contributed by atoms with Gasteiger partial charge in [0.15, 0.2) is 5.96 Å². The van der Waals surface area contributed by atoms with E-state index in [9.17, 15) is 4.79 Å². The lowest BCUT2D eigenvalue weighted by Crippen LogP contribution is -2.54. The van der Waals surface area contributed by atoms with Crippen molar-refractivity contribution >= 4 is 33.7 Å². The monoisotopic (exact) mass is 443 g/mol. The van der Waals surface area contributed by atoms with Gasteiger partial charge < -0.3 is 29.9 Å². The molecule has 0 spiro atoms. The van der Waals surface area contributed by atoms with Gasteiger partial charge >= 0.3 is 0 Å². The Morgan fingerprint density at radius 3 is 2.67 bits per heavy atom. The molecule has 10 nitrogen and oxygen atoms in total. The van der Waals surface area contributed by atoms with E-state index in [0.29, 0.717) is 30.9 Å². The Labute approximate surface area is 167 Å². The highest BCUT2D eigenvalue weighted by atomic mass is 79.9. The van der Waals surface area contributed by atoms with E-state index in [0.717, 1.165) is 30.7 Å². The number of aromatic nitrogens is 2. The van der Waals surface area contributed by atoms with Gasteiger partial charge in [-0.3, -0.25) is 9.79 Å². The quantitative estimate of drug-likeness (QED) is 0.336. The average molecular weight is 444 g/mol. The van der Waals surface area contributed by atoms with Gasteiger partial charge in [0, 0.05) is 46.9 Å². The number of amides is 1. The highest BCUT2D eigenvalue weighted by Crippen LogP contribution is 2.23. The standard InChI is InChI=1S/C16H26BrN7O3/c1-18-15(21-11-13(25)19-4-9-26-2)23-5-7-24(8-6-23)16-20-10-12(17)14(22-16)27-3/h10H,4-9,11H2,1-3H3,(H,18,21)(H,19,25). The summed E-state index contributed by atoms with van der Waals surface area (Å²) in [6.45, 7) is 4.12. The van der Waals surface area contributed by atoms with Gasteiger partial charge in [-0.2, -0.15) is 4.98 Å². The molecule has 0 saturated carbocycles. The number of methoxy groups -OCH3 is 2. The van der Waals surface area contributed by atoms with Crippen LogP contribution in [0.3, 0.4) is 0 Å². The maximum atomic E-state index is 11.8. The third-order valence-corrected chi connectivity index (χ3v) is 4.55. The van der Waals surface area contributed by atoms with E-state index in [4.69, 9.17) is 9.47 Å². The predicted octanol–water partition coefficient (Wildman–Crippen LogP) is -0.292. The molecule has 150 valence electrons. The van der Waals surface area contributed by atoms with Crippen LogP contribution in [-0.4, -0.2) is 93.9 Å². The Balaban J connectivity index is 1.83. The summed E-state index contributed by atoms with van der Waals surface area (Å²) in [5, 5.41) is 5.86. The first-order valence-electron chi connectivity index (χ1n) is 8.61. The molecule has 11 heteroatoms. The number of carbonyl (C=O) groups is 1. The summed E-state index contributed by atoms with van der Waals surface area (Å²) in [6, 6.07) is 0. The number of hydrogen-bond donors (Lipinski definition) is 2. The first kappa shape index (κ1) is 21.2. The van der Waals surface area contributed by atoms with Crippen LogP contribution in [0, 0.1) is 0 Å². The summed E-state index contributed by atoms with van der Waals surface area (Å²) >= 11 is 3.36. The molecule has 0 bridgehead atoms. The number of hydrogen-bond acceptors (Lipinski definition) is 7. The fourth-order valence-corrected chi connectivity index (χ4v) is 2.96. The van der Waals surface area contributed by atoms with E-state index in [1.807, 2.05) is 0 Å². The molecule has 1 aliphatic rings. The molecule has 1 aromatic heterocycles. The van der Waals surface area contributed by atoms with Crippen LogP contribution in [-0.2, 0) is 9.53 Å². The van der Waals surface area contributed by atoms with Crippen LogP contribution in [0.5, 0.6) is 5.88 Å². The van der Waals surface area contributed by atoms with Crippen LogP contribution in [0.15, 0.2) is 15.7 Å². The van der Waals surface area contributed by atoms with Crippen molar-refractivity contribution < 1.29 is 14.3 Å². The highest BCUT2D eigenvalue weighted by molar-refractivity contribution is 9.10. The zero-order chi connectivity index (χ0) is 19.6. The van der Waals surface area contributed by atoms with Crippen molar-refractivity contribution in [3.63, 3.8) is 0 Å². The van der Waals surface area contributed by atoms with Crippen molar-refractivity contribution in [2.75, 3.05) is 72.0 Å². The lowest BCUT2D eigenvalue weighted by Gasteiger charge is -2.36. The Bertz CT molecular complexity index is 651. The van der Waals surface area contributed by atoms with Crippen LogP contribution in [0.2, 0.25) is 0 Å². The van der Waals surface area contributed by atoms with E-state index in [1.165, 1.54) is 0 Å². The fourth-order valence-electron chi connectivity index (χ4n) is 2.60. The van der Waals surface area contributed by atoms with Crippen LogP contribution in [0.25, 0.3) is 0 Å². The average Bonchev–Trinajstić information content (AvgIpc) is 2.69. The number of anilines is 1. The van der Waals surface area contributed by atoms with Crippen molar-refractivity contribution in [3.05, 3.63) is 10.7 Å². The minimum atomic E-state index is -0.0952. The molecular weight excluding hydrogens is 418 g/mol. The van der Waals surface area contributed by atoms with E-state index in [-0.39, 0.29) is 12.5 Å². The molecule has 2 rings (SSSR count). The smallest absolute Gasteiger partial charge is 0.239 e. The first-order chi connectivity index (χ1) is 13.1. The lowest BCUT2D eigenvalue weighted by atomic mass is 10.3. The molecule has 1 fully saturated rings. The molecule has 0 unspecified atom stereocenters. The number of ether oxygens (including phenoxy) is 2. The van der Waals surface area contributed by atoms with Gasteiger partial charge in [-0.1, -0.05) is 0 Å². The highest BCUT2D eigenvalue weighted by Gasteiger charge is 2.22. The van der Waals surface area contributed by atoms with Crippen molar-refractivity contribution in [2.45, 2.75) is 0 Å². The van der Waals surface area contributed by atoms with E-state index in [1.54, 1.807) is 27.5 Å². The molecule has 0 radical (unpaired) electrons. The second-order valence-corrected chi connectivity index (χ2v) is 6.60. The molecule has 1 amide bonds. The molecule has 0 atom stereocenters. The Morgan fingerprint density at radius 1 is 1.30 bits per heavy atom. The van der Waals surface area contributed by atoms with Gasteiger partial charge in [-0.05, 0) is 15.9 Å². The third kappa shape index (κ3) is 6.21. The lowest BCUT2D eigenvalue weighted by molar-refractivity contribution is -0.120. The molecule has 0 aromatic carbocycles. The van der Waals surface area contributed by atoms with Gasteiger partial charge in [0.1, 0.15) is 0 Å². The van der Waals surface area contributed by atoms with Crippen molar-refractivity contribution in [2.24, 2.45) is 4.99 Å². The van der Waals surface area contributed by atoms with Crippen LogP contribution < -0.4 is 20.3 Å². The normalized spacial score (nSPS) is 14.9. The maximum absolute atomic E-state index is 11.8. The van der Waals surface area contributed by atoms with E-state index < -0.39 is 0 Å². The van der Waals surface area contributed by atoms with Gasteiger partial charge in [-0.25, -0.2) is 4.98 Å². The zero-order valence-electron chi connectivity index (χ0n) is 15.9. The van der Waals surface area contributed by atoms with Crippen LogP contribution in [0.4, 0.5) is 5.95 Å². The number of aliphatic imine (C=N–C) groups is 1. The van der Waals surface area contributed by atoms with Gasteiger partial charge in [0.2, 0.25) is 17.7 Å². The Hall–Kier alpha value is -2.14. The molecule has 1 saturated heterocycles. The number of rotatable bonds is 7. The number of piperazine rings is 1. The summed E-state index contributed by atoms with van der Waals surface area (Å²) in [4.78, 5) is 29.0. The number of carbonyl (C=O) groups excluding carboxylic acids is 1. The molecule has 2 heterocycles. The Morgan fingerprint density at radius 2 is 2.04 bits per heavy atom. The minimum absolute atomic E-state index is 0.0952. The maximum Gasteiger partial charge on any atom is 0.239 e. The number of nitrogens with zero attached hydrogens (tertiary/aromatic N) is 5. The summed E-state index contributed by atoms with van der Waals surface area (Å²) in [5.74, 6) is 1.75. The third-order valence-electron chi connectivity index (χ3n) is 4.00. The van der Waals surface area contributed by atoms with E-state index in [2.05, 4.69) is 51.3 Å². The minimum Gasteiger partial charge on any atom is -0.480 e. The Kier molecular flexibility index (Phi) is 8.52. The summed E-state index contributed by atoms with van der Waals surface area (Å²) in [5.41, 5.74) is 0. The largest absolute Gasteiger partial charge is 0.480 e. The molecule has 1 aromatic rings. The molecular formula is C16H26BrN7O3. The van der Waals surface area contributed by atoms with Crippen LogP contribution in [0.1, 0.15) is 0 Å². The van der Waals surface area contributed by atoms with Gasteiger partial charge in [0.05, 0.1) is 30.9 Å². The SMILES string of the molecule is CN=C(NCC(=O)NCCOC)N1CCN(c2ncc(Br)c(OC)n2)CC1. The predicted molar refractivity (Wildman–Crippen MR) is 106 cm³/mol. The number of nitrogens with one attached hydrogen (secondary N) is 2. The van der Waals surface area contributed by atoms with E-state index >= 15 is 0 Å². The summed E-state index contributed by atoms with van der Waals surface area (Å²) in [6.07, 6.45) is 1.69. The van der Waals surface area contributed by atoms with Gasteiger partial charge in [0.25, 0.3) is 0 Å². The first-order valence-corrected chi connectivity index (χ1v) is 9.41.